The number of H-pyrrole nitrogens is 1. The smallest absolute Gasteiger partial charge is 0.329 e. The number of rotatable bonds is 7. The summed E-state index contributed by atoms with van der Waals surface area (Å²) in [5.74, 6) is -1.33. The van der Waals surface area contributed by atoms with Gasteiger partial charge in [0.2, 0.25) is 11.8 Å². The van der Waals surface area contributed by atoms with Crippen LogP contribution in [0.2, 0.25) is 0 Å². The molecule has 3 fully saturated rings. The van der Waals surface area contributed by atoms with E-state index in [1.165, 1.54) is 16.2 Å². The monoisotopic (exact) mass is 604 g/mol. The van der Waals surface area contributed by atoms with Gasteiger partial charge in [-0.05, 0) is 68.2 Å². The fourth-order valence-electron chi connectivity index (χ4n) is 7.77. The molecule has 8 atom stereocenters. The van der Waals surface area contributed by atoms with E-state index in [4.69, 9.17) is 9.47 Å². The van der Waals surface area contributed by atoms with E-state index in [-0.39, 0.29) is 51.7 Å². The van der Waals surface area contributed by atoms with Crippen molar-refractivity contribution in [2.24, 2.45) is 29.6 Å². The van der Waals surface area contributed by atoms with Crippen molar-refractivity contribution in [3.63, 3.8) is 0 Å². The van der Waals surface area contributed by atoms with Crippen LogP contribution in [-0.2, 0) is 25.7 Å². The molecular formula is C32H32N2O6S2. The van der Waals surface area contributed by atoms with Crippen LogP contribution in [0.3, 0.4) is 0 Å². The zero-order chi connectivity index (χ0) is 29.3. The number of imide groups is 1. The lowest BCUT2D eigenvalue weighted by molar-refractivity contribution is -0.161. The Kier molecular flexibility index (Phi) is 6.81. The summed E-state index contributed by atoms with van der Waals surface area (Å²) in [6.07, 6.45) is 0.449. The quantitative estimate of drug-likeness (QED) is 0.304. The molecule has 1 saturated heterocycles. The lowest BCUT2D eigenvalue weighted by Gasteiger charge is -2.43. The Labute approximate surface area is 251 Å². The zero-order valence-corrected chi connectivity index (χ0v) is 25.2. The van der Waals surface area contributed by atoms with E-state index in [1.807, 2.05) is 42.5 Å². The predicted octanol–water partition coefficient (Wildman–Crippen LogP) is 4.83. The molecule has 1 aromatic heterocycles. The first-order valence-corrected chi connectivity index (χ1v) is 16.2. The Hall–Kier alpha value is -3.37. The molecule has 8 nitrogen and oxygen atoms in total. The number of benzene rings is 2. The molecule has 2 saturated carbocycles. The van der Waals surface area contributed by atoms with Gasteiger partial charge in [-0.3, -0.25) is 19.3 Å². The molecule has 1 N–H and O–H groups in total. The van der Waals surface area contributed by atoms with Crippen LogP contribution in [0.4, 0.5) is 0 Å². The molecule has 3 heterocycles. The number of nitrogens with zero attached hydrogens (tertiary/aromatic N) is 1. The maximum atomic E-state index is 13.9. The van der Waals surface area contributed by atoms with Crippen molar-refractivity contribution < 1.29 is 23.9 Å². The molecule has 2 bridgehead atoms. The van der Waals surface area contributed by atoms with Gasteiger partial charge in [-0.15, -0.1) is 11.8 Å². The molecule has 218 valence electrons. The summed E-state index contributed by atoms with van der Waals surface area (Å²) in [6.45, 7) is 5.52. The van der Waals surface area contributed by atoms with Gasteiger partial charge in [-0.1, -0.05) is 53.8 Å². The third-order valence-corrected chi connectivity index (χ3v) is 11.9. The number of aromatic nitrogens is 1. The Balaban J connectivity index is 1.22. The second kappa shape index (κ2) is 10.4. The van der Waals surface area contributed by atoms with Gasteiger partial charge < -0.3 is 14.5 Å². The number of amides is 2. The molecule has 2 aliphatic carbocycles. The third kappa shape index (κ3) is 4.33. The van der Waals surface area contributed by atoms with Gasteiger partial charge in [0.1, 0.15) is 18.4 Å². The molecule has 3 aromatic rings. The van der Waals surface area contributed by atoms with E-state index in [1.54, 1.807) is 32.5 Å². The Morgan fingerprint density at radius 3 is 2.48 bits per heavy atom. The van der Waals surface area contributed by atoms with Gasteiger partial charge in [0.05, 0.1) is 23.0 Å². The fraction of sp³-hybridized carbons (Fsp3) is 0.438. The lowest BCUT2D eigenvalue weighted by atomic mass is 9.68. The van der Waals surface area contributed by atoms with Crippen LogP contribution in [-0.4, -0.2) is 45.1 Å². The normalized spacial score (nSPS) is 29.8. The average Bonchev–Trinajstić information content (AvgIpc) is 3.70. The number of aromatic amines is 1. The van der Waals surface area contributed by atoms with Crippen molar-refractivity contribution in [3.8, 4) is 5.75 Å². The molecule has 42 heavy (non-hydrogen) atoms. The van der Waals surface area contributed by atoms with E-state index in [9.17, 15) is 19.2 Å². The number of ether oxygens (including phenoxy) is 2. The van der Waals surface area contributed by atoms with Crippen LogP contribution in [0.25, 0.3) is 0 Å². The number of hydrogen-bond donors (Lipinski definition) is 1. The van der Waals surface area contributed by atoms with E-state index >= 15 is 0 Å². The highest BCUT2D eigenvalue weighted by Gasteiger charge is 2.70. The summed E-state index contributed by atoms with van der Waals surface area (Å²) in [7, 11) is 0. The van der Waals surface area contributed by atoms with Gasteiger partial charge in [0.25, 0.3) is 0 Å². The van der Waals surface area contributed by atoms with Crippen molar-refractivity contribution in [3.05, 3.63) is 80.3 Å². The number of fused-ring (bicyclic) bond motifs is 9. The molecule has 4 aliphatic rings. The number of likely N-dealkylation sites (tertiary alicyclic amines) is 1. The van der Waals surface area contributed by atoms with Crippen molar-refractivity contribution >= 4 is 40.9 Å². The van der Waals surface area contributed by atoms with Crippen LogP contribution in [0.1, 0.15) is 49.1 Å². The molecule has 10 heteroatoms. The number of thiazole rings is 1. The van der Waals surface area contributed by atoms with Crippen LogP contribution in [0.5, 0.6) is 5.75 Å². The summed E-state index contributed by atoms with van der Waals surface area (Å²) in [5.41, 5.74) is 2.11. The molecule has 2 aromatic carbocycles. The zero-order valence-electron chi connectivity index (χ0n) is 23.5. The van der Waals surface area contributed by atoms with Crippen molar-refractivity contribution in [2.45, 2.75) is 62.1 Å². The van der Waals surface area contributed by atoms with Crippen LogP contribution in [0.15, 0.2) is 64.4 Å². The van der Waals surface area contributed by atoms with Gasteiger partial charge in [0, 0.05) is 16.0 Å². The highest BCUT2D eigenvalue weighted by atomic mass is 32.2. The van der Waals surface area contributed by atoms with Crippen molar-refractivity contribution in [1.29, 1.82) is 0 Å². The van der Waals surface area contributed by atoms with Crippen molar-refractivity contribution in [2.75, 3.05) is 0 Å². The van der Waals surface area contributed by atoms with Gasteiger partial charge in [-0.2, -0.15) is 0 Å². The predicted molar refractivity (Wildman–Crippen MR) is 158 cm³/mol. The minimum Gasteiger partial charge on any atom is -0.489 e. The first kappa shape index (κ1) is 27.5. The second-order valence-corrected chi connectivity index (χ2v) is 14.2. The standard InChI is InChI=1S/C32H32N2O6S2/c1-15(2)40-31(37)16(3)34-29(35)24-20-13-21(25(24)30(34)36)26-23(20)22(27-28(41-26)33-32(38)42-27)18-10-7-11-19(12-18)39-14-17-8-5-4-6-9-17/h4-12,15-16,20-26H,13-14H2,1-3H3,(H,33,38). The fourth-order valence-corrected chi connectivity index (χ4v) is 10.7. The number of carbonyl (C=O) groups is 3. The minimum absolute atomic E-state index is 0.0127. The lowest BCUT2D eigenvalue weighted by Crippen LogP contribution is -2.45. The maximum Gasteiger partial charge on any atom is 0.329 e. The molecule has 2 aliphatic heterocycles. The summed E-state index contributed by atoms with van der Waals surface area (Å²) >= 11 is 2.88. The Morgan fingerprint density at radius 2 is 1.74 bits per heavy atom. The highest BCUT2D eigenvalue weighted by molar-refractivity contribution is 8.00. The number of nitrogens with one attached hydrogen (secondary N) is 1. The summed E-state index contributed by atoms with van der Waals surface area (Å²) in [5, 5.41) is 0.931. The molecule has 8 unspecified atom stereocenters. The number of thioether (sulfide) groups is 1. The number of esters is 1. The Bertz CT molecular complexity index is 1620. The summed E-state index contributed by atoms with van der Waals surface area (Å²) in [4.78, 5) is 58.0. The van der Waals surface area contributed by atoms with Gasteiger partial charge in [0.15, 0.2) is 0 Å². The average molecular weight is 605 g/mol. The molecule has 2 amide bonds. The van der Waals surface area contributed by atoms with Crippen LogP contribution < -0.4 is 9.61 Å². The van der Waals surface area contributed by atoms with E-state index in [0.717, 1.165) is 33.2 Å². The highest BCUT2D eigenvalue weighted by Crippen LogP contribution is 2.68. The molecule has 0 spiro atoms. The molecule has 7 rings (SSSR count). The number of hydrogen-bond acceptors (Lipinski definition) is 8. The third-order valence-electron chi connectivity index (χ3n) is 9.30. The minimum atomic E-state index is -0.959. The Morgan fingerprint density at radius 1 is 1.00 bits per heavy atom. The molecular weight excluding hydrogens is 572 g/mol. The van der Waals surface area contributed by atoms with E-state index in [2.05, 4.69) is 17.1 Å². The SMILES string of the molecule is CC(C)OC(=O)C(C)N1C(=O)C2C3CC(C2C1=O)C1C(c2cccc(OCc4ccccc4)c2)c2sc(=O)[nH]c2SC31. The first-order chi connectivity index (χ1) is 20.2. The van der Waals surface area contributed by atoms with Crippen molar-refractivity contribution in [1.82, 2.24) is 9.88 Å². The molecule has 0 radical (unpaired) electrons. The van der Waals surface area contributed by atoms with Crippen LogP contribution in [0, 0.1) is 29.6 Å². The second-order valence-electron chi connectivity index (χ2n) is 12.0. The maximum absolute atomic E-state index is 13.9. The van der Waals surface area contributed by atoms with Gasteiger partial charge in [-0.25, -0.2) is 4.79 Å². The van der Waals surface area contributed by atoms with Gasteiger partial charge >= 0.3 is 10.8 Å². The van der Waals surface area contributed by atoms with Crippen LogP contribution >= 0.6 is 23.1 Å². The summed E-state index contributed by atoms with van der Waals surface area (Å²) in [6, 6.07) is 17.1. The summed E-state index contributed by atoms with van der Waals surface area (Å²) < 4.78 is 11.5. The largest absolute Gasteiger partial charge is 0.489 e. The number of carbonyl (C=O) groups excluding carboxylic acids is 3. The van der Waals surface area contributed by atoms with E-state index in [0.29, 0.717) is 6.61 Å². The van der Waals surface area contributed by atoms with E-state index < -0.39 is 23.8 Å². The topological polar surface area (TPSA) is 106 Å². The first-order valence-electron chi connectivity index (χ1n) is 14.5.